The Kier molecular flexibility index (Phi) is 9.46. The fraction of sp³-hybridized carbons (Fsp3) is 0.522. The van der Waals surface area contributed by atoms with Gasteiger partial charge in [-0.1, -0.05) is 25.1 Å². The van der Waals surface area contributed by atoms with E-state index in [0.717, 1.165) is 12.3 Å². The van der Waals surface area contributed by atoms with Gasteiger partial charge in [0.05, 0.1) is 24.8 Å². The number of hydrogen-bond acceptors (Lipinski definition) is 11. The summed E-state index contributed by atoms with van der Waals surface area (Å²) in [7, 11) is -4.28. The van der Waals surface area contributed by atoms with E-state index in [0.29, 0.717) is 4.57 Å². The predicted octanol–water partition coefficient (Wildman–Crippen LogP) is 3.62. The molecule has 0 aliphatic carbocycles. The van der Waals surface area contributed by atoms with Crippen molar-refractivity contribution in [2.75, 3.05) is 18.5 Å². The fourth-order valence-electron chi connectivity index (χ4n) is 3.80. The van der Waals surface area contributed by atoms with Crippen LogP contribution in [0.4, 0.5) is 19.0 Å². The fourth-order valence-corrected chi connectivity index (χ4v) is 5.93. The molecule has 1 saturated heterocycles. The lowest BCUT2D eigenvalue weighted by Gasteiger charge is -2.33. The van der Waals surface area contributed by atoms with E-state index in [1.807, 2.05) is 0 Å². The van der Waals surface area contributed by atoms with Crippen molar-refractivity contribution >= 4 is 31.6 Å². The zero-order valence-corrected chi connectivity index (χ0v) is 22.9. The predicted molar refractivity (Wildman–Crippen MR) is 134 cm³/mol. The molecule has 0 spiro atoms. The van der Waals surface area contributed by atoms with Crippen molar-refractivity contribution in [2.45, 2.75) is 57.1 Å². The molecule has 0 saturated carbocycles. The summed E-state index contributed by atoms with van der Waals surface area (Å²) >= 11 is 4.97. The van der Waals surface area contributed by atoms with Gasteiger partial charge in [-0.05, 0) is 44.3 Å². The second-order valence-corrected chi connectivity index (χ2v) is 11.6. The molecule has 6 atom stereocenters. The first kappa shape index (κ1) is 31.0. The quantitative estimate of drug-likeness (QED) is 0.210. The molecule has 2 heterocycles. The van der Waals surface area contributed by atoms with E-state index in [-0.39, 0.29) is 11.6 Å². The molecule has 1 aromatic heterocycles. The highest BCUT2D eigenvalue weighted by molar-refractivity contribution is 7.71. The Morgan fingerprint density at radius 3 is 2.49 bits per heavy atom. The normalized spacial score (nSPS) is 25.7. The van der Waals surface area contributed by atoms with Crippen LogP contribution >= 0.6 is 19.8 Å². The smallest absolute Gasteiger partial charge is 0.424 e. The van der Waals surface area contributed by atoms with Crippen LogP contribution in [-0.2, 0) is 23.4 Å². The van der Waals surface area contributed by atoms with Crippen LogP contribution in [-0.4, -0.2) is 68.6 Å². The van der Waals surface area contributed by atoms with Gasteiger partial charge < -0.3 is 29.9 Å². The molecule has 3 rings (SSSR count). The molecule has 39 heavy (non-hydrogen) atoms. The van der Waals surface area contributed by atoms with E-state index in [9.17, 15) is 32.7 Å². The molecule has 11 nitrogen and oxygen atoms in total. The third kappa shape index (κ3) is 6.97. The number of aliphatic hydroxyl groups is 2. The number of esters is 1. The van der Waals surface area contributed by atoms with Gasteiger partial charge in [0.25, 0.3) is 0 Å². The number of para-hydroxylation sites is 1. The van der Waals surface area contributed by atoms with Crippen LogP contribution in [0.25, 0.3) is 0 Å². The third-order valence-electron chi connectivity index (χ3n) is 5.72. The second kappa shape index (κ2) is 11.9. The molecular formula is C23H29F3N3O8PS. The number of carbonyl (C=O) groups is 1. The van der Waals surface area contributed by atoms with E-state index < -0.39 is 73.3 Å². The number of rotatable bonds is 10. The average molecular weight is 596 g/mol. The molecule has 16 heteroatoms. The summed E-state index contributed by atoms with van der Waals surface area (Å²) < 4.78 is 77.7. The molecule has 0 bridgehead atoms. The van der Waals surface area contributed by atoms with Crippen LogP contribution < -0.4 is 10.3 Å². The van der Waals surface area contributed by atoms with Gasteiger partial charge >= 0.3 is 19.7 Å². The van der Waals surface area contributed by atoms with E-state index in [1.54, 1.807) is 32.0 Å². The molecule has 2 unspecified atom stereocenters. The van der Waals surface area contributed by atoms with Gasteiger partial charge in [-0.15, -0.1) is 0 Å². The number of carbonyl (C=O) groups excluding carboxylic acids is 1. The maximum atomic E-state index is 14.1. The van der Waals surface area contributed by atoms with Gasteiger partial charge in [-0.3, -0.25) is 13.9 Å². The zero-order valence-electron chi connectivity index (χ0n) is 21.1. The highest BCUT2D eigenvalue weighted by atomic mass is 32.1. The minimum absolute atomic E-state index is 0.0886. The van der Waals surface area contributed by atoms with Crippen LogP contribution in [0.5, 0.6) is 5.75 Å². The van der Waals surface area contributed by atoms with Gasteiger partial charge in [0.2, 0.25) is 10.4 Å². The maximum absolute atomic E-state index is 14.1. The van der Waals surface area contributed by atoms with Crippen molar-refractivity contribution < 1.29 is 51.3 Å². The molecule has 1 aromatic carbocycles. The number of anilines is 1. The van der Waals surface area contributed by atoms with Crippen LogP contribution in [0.15, 0.2) is 42.6 Å². The first-order valence-corrected chi connectivity index (χ1v) is 13.9. The number of nitrogens with zero attached hydrogens (tertiary/aromatic N) is 2. The Morgan fingerprint density at radius 1 is 1.28 bits per heavy atom. The standard InChI is InChI=1S/C23H29F3N3O8PS/c1-13(2)35-19(31)14(3)12-38(33,37-15-7-5-4-6-8-15)34-11-16-18(30)22(32,23(24,25)26)20(36-16)29-10-9-17(27)28-21(29)39/h4-10,13-14,16,18,20,30,32H,11-12H2,1-3H3,(H2,27,28,39)/t14-,16-,18+,20-,22?,38?/m1/s1. The van der Waals surface area contributed by atoms with Crippen LogP contribution in [0.1, 0.15) is 27.0 Å². The van der Waals surface area contributed by atoms with Crippen molar-refractivity contribution in [3.8, 4) is 5.75 Å². The molecule has 216 valence electrons. The minimum atomic E-state index is -5.40. The Labute approximate surface area is 227 Å². The lowest BCUT2D eigenvalue weighted by molar-refractivity contribution is -0.304. The SMILES string of the molecule is CC(C)OC(=O)[C@H](C)CP(=O)(OC[C@H]1O[C@@H](n2ccc(N)nc2=S)C(O)(C(F)(F)F)[C@H]1O)Oc1ccccc1. The van der Waals surface area contributed by atoms with Crippen LogP contribution in [0.3, 0.4) is 0 Å². The molecule has 2 aromatic rings. The number of aliphatic hydroxyl groups excluding tert-OH is 1. The van der Waals surface area contributed by atoms with Gasteiger partial charge in [0, 0.05) is 6.20 Å². The molecular weight excluding hydrogens is 566 g/mol. The van der Waals surface area contributed by atoms with Crippen molar-refractivity contribution in [3.63, 3.8) is 0 Å². The summed E-state index contributed by atoms with van der Waals surface area (Å²) in [6.45, 7) is 3.76. The van der Waals surface area contributed by atoms with Crippen LogP contribution in [0, 0.1) is 10.7 Å². The first-order valence-electron chi connectivity index (χ1n) is 11.7. The number of aromatic nitrogens is 2. The molecule has 1 fully saturated rings. The Balaban J connectivity index is 1.89. The summed E-state index contributed by atoms with van der Waals surface area (Å²) in [5, 5.41) is 21.3. The monoisotopic (exact) mass is 595 g/mol. The molecule has 1 aliphatic rings. The van der Waals surface area contributed by atoms with Crippen molar-refractivity contribution in [1.29, 1.82) is 0 Å². The summed E-state index contributed by atoms with van der Waals surface area (Å²) in [4.78, 5) is 16.0. The Morgan fingerprint density at radius 2 is 1.92 bits per heavy atom. The van der Waals surface area contributed by atoms with Gasteiger partial charge in [-0.2, -0.15) is 13.2 Å². The second-order valence-electron chi connectivity index (χ2n) is 9.22. The van der Waals surface area contributed by atoms with Crippen molar-refractivity contribution in [3.05, 3.63) is 47.4 Å². The Hall–Kier alpha value is -2.55. The summed E-state index contributed by atoms with van der Waals surface area (Å²) in [6.07, 6.45) is -12.1. The van der Waals surface area contributed by atoms with Gasteiger partial charge in [0.1, 0.15) is 23.8 Å². The summed E-state index contributed by atoms with van der Waals surface area (Å²) in [6, 6.07) is 8.88. The Bertz CT molecular complexity index is 1270. The summed E-state index contributed by atoms with van der Waals surface area (Å²) in [5.41, 5.74) is 1.67. The number of benzene rings is 1. The lowest BCUT2D eigenvalue weighted by atomic mass is 9.93. The van der Waals surface area contributed by atoms with Crippen molar-refractivity contribution in [1.82, 2.24) is 9.55 Å². The van der Waals surface area contributed by atoms with Crippen molar-refractivity contribution in [2.24, 2.45) is 5.92 Å². The lowest BCUT2D eigenvalue weighted by Crippen LogP contribution is -2.57. The largest absolute Gasteiger partial charge is 0.463 e. The molecule has 4 N–H and O–H groups in total. The maximum Gasteiger partial charge on any atom is 0.424 e. The highest BCUT2D eigenvalue weighted by Crippen LogP contribution is 2.53. The molecule has 0 radical (unpaired) electrons. The number of alkyl halides is 3. The highest BCUT2D eigenvalue weighted by Gasteiger charge is 2.71. The number of nitrogen functional groups attached to an aromatic ring is 1. The van der Waals surface area contributed by atoms with Gasteiger partial charge in [-0.25, -0.2) is 9.55 Å². The molecule has 1 aliphatic heterocycles. The molecule has 0 amide bonds. The van der Waals surface area contributed by atoms with Crippen LogP contribution in [0.2, 0.25) is 0 Å². The average Bonchev–Trinajstić information content (AvgIpc) is 3.09. The van der Waals surface area contributed by atoms with E-state index in [1.165, 1.54) is 19.1 Å². The number of ether oxygens (including phenoxy) is 2. The number of hydrogen-bond donors (Lipinski definition) is 3. The van der Waals surface area contributed by atoms with E-state index in [2.05, 4.69) is 4.98 Å². The zero-order chi connectivity index (χ0) is 29.2. The summed E-state index contributed by atoms with van der Waals surface area (Å²) in [5.74, 6) is -1.67. The minimum Gasteiger partial charge on any atom is -0.463 e. The number of halogens is 3. The third-order valence-corrected chi connectivity index (χ3v) is 8.04. The van der Waals surface area contributed by atoms with E-state index in [4.69, 9.17) is 36.5 Å². The number of nitrogens with two attached hydrogens (primary N) is 1. The topological polar surface area (TPSA) is 155 Å². The van der Waals surface area contributed by atoms with Gasteiger partial charge in [0.15, 0.2) is 6.23 Å². The van der Waals surface area contributed by atoms with E-state index >= 15 is 0 Å². The first-order chi connectivity index (χ1) is 18.1.